The lowest BCUT2D eigenvalue weighted by atomic mass is 9.93. The van der Waals surface area contributed by atoms with Gasteiger partial charge in [-0.2, -0.15) is 0 Å². The molecule has 0 spiro atoms. The highest BCUT2D eigenvalue weighted by atomic mass is 16.5. The third-order valence-electron chi connectivity index (χ3n) is 4.35. The van der Waals surface area contributed by atoms with Crippen molar-refractivity contribution in [2.24, 2.45) is 0 Å². The number of esters is 1. The molecular weight excluding hydrogens is 326 g/mol. The maximum atomic E-state index is 11.5. The maximum absolute atomic E-state index is 11.5. The summed E-state index contributed by atoms with van der Waals surface area (Å²) in [6.45, 7) is 0.527. The zero-order valence-electron chi connectivity index (χ0n) is 14.7. The van der Waals surface area contributed by atoms with Gasteiger partial charge in [0.2, 0.25) is 0 Å². The van der Waals surface area contributed by atoms with Gasteiger partial charge in [0.05, 0.1) is 25.9 Å². The summed E-state index contributed by atoms with van der Waals surface area (Å²) in [5.41, 5.74) is 0.369. The number of aliphatic hydroxyl groups excluding tert-OH is 2. The van der Waals surface area contributed by atoms with E-state index in [2.05, 4.69) is 10.1 Å². The second-order valence-corrected chi connectivity index (χ2v) is 6.24. The molecular formula is C18H27NO6. The molecule has 140 valence electrons. The molecule has 0 unspecified atom stereocenters. The van der Waals surface area contributed by atoms with Gasteiger partial charge in [0.15, 0.2) is 11.5 Å². The van der Waals surface area contributed by atoms with Crippen LogP contribution in [0.1, 0.15) is 36.0 Å². The summed E-state index contributed by atoms with van der Waals surface area (Å²) in [7, 11) is 2.80. The Hall–Kier alpha value is -1.83. The number of ether oxygens (including phenoxy) is 3. The molecule has 1 aliphatic carbocycles. The number of carbonyl (C=O) groups excluding carboxylic acids is 1. The molecule has 1 aromatic rings. The number of methoxy groups -OCH3 is 2. The Bertz CT molecular complexity index is 556. The van der Waals surface area contributed by atoms with E-state index in [0.717, 1.165) is 25.7 Å². The van der Waals surface area contributed by atoms with Gasteiger partial charge in [-0.25, -0.2) is 4.79 Å². The van der Waals surface area contributed by atoms with Crippen LogP contribution in [-0.4, -0.2) is 61.8 Å². The highest BCUT2D eigenvalue weighted by Crippen LogP contribution is 2.28. The Morgan fingerprint density at radius 1 is 1.24 bits per heavy atom. The number of benzene rings is 1. The van der Waals surface area contributed by atoms with E-state index in [4.69, 9.17) is 9.47 Å². The fraction of sp³-hybridized carbons (Fsp3) is 0.611. The molecule has 0 radical (unpaired) electrons. The summed E-state index contributed by atoms with van der Waals surface area (Å²) in [4.78, 5) is 11.5. The molecule has 1 fully saturated rings. The van der Waals surface area contributed by atoms with Crippen LogP contribution in [0.4, 0.5) is 0 Å². The minimum Gasteiger partial charge on any atom is -0.493 e. The van der Waals surface area contributed by atoms with Gasteiger partial charge in [-0.05, 0) is 43.9 Å². The number of hydrogen-bond acceptors (Lipinski definition) is 7. The highest BCUT2D eigenvalue weighted by molar-refractivity contribution is 5.90. The van der Waals surface area contributed by atoms with Gasteiger partial charge in [-0.3, -0.25) is 0 Å². The molecule has 3 N–H and O–H groups in total. The van der Waals surface area contributed by atoms with Crippen molar-refractivity contribution in [2.75, 3.05) is 27.4 Å². The van der Waals surface area contributed by atoms with Gasteiger partial charge in [0.25, 0.3) is 0 Å². The van der Waals surface area contributed by atoms with Crippen LogP contribution in [0.25, 0.3) is 0 Å². The molecule has 0 aliphatic heterocycles. The van der Waals surface area contributed by atoms with Crippen molar-refractivity contribution in [3.63, 3.8) is 0 Å². The van der Waals surface area contributed by atoms with Crippen LogP contribution in [0.2, 0.25) is 0 Å². The first-order valence-electron chi connectivity index (χ1n) is 8.52. The van der Waals surface area contributed by atoms with Crippen molar-refractivity contribution in [2.45, 2.75) is 43.9 Å². The summed E-state index contributed by atoms with van der Waals surface area (Å²) in [6.07, 6.45) is 2.57. The van der Waals surface area contributed by atoms with Crippen LogP contribution < -0.4 is 14.8 Å². The van der Waals surface area contributed by atoms with Crippen LogP contribution >= 0.6 is 0 Å². The number of hydrogen-bond donors (Lipinski definition) is 3. The summed E-state index contributed by atoms with van der Waals surface area (Å²) < 4.78 is 15.5. The predicted molar refractivity (Wildman–Crippen MR) is 92.1 cm³/mol. The third-order valence-corrected chi connectivity index (χ3v) is 4.35. The predicted octanol–water partition coefficient (Wildman–Crippen LogP) is 1.11. The normalized spacial score (nSPS) is 21.4. The Balaban J connectivity index is 1.80. The molecule has 0 heterocycles. The van der Waals surface area contributed by atoms with Crippen molar-refractivity contribution in [1.29, 1.82) is 0 Å². The van der Waals surface area contributed by atoms with E-state index in [9.17, 15) is 15.0 Å². The molecule has 0 bridgehead atoms. The quantitative estimate of drug-likeness (QED) is 0.603. The number of aliphatic hydroxyl groups is 2. The van der Waals surface area contributed by atoms with E-state index >= 15 is 0 Å². The lowest BCUT2D eigenvalue weighted by Gasteiger charge is -2.27. The second-order valence-electron chi connectivity index (χ2n) is 6.24. The van der Waals surface area contributed by atoms with Crippen LogP contribution in [0.3, 0.4) is 0 Å². The monoisotopic (exact) mass is 353 g/mol. The van der Waals surface area contributed by atoms with Crippen LogP contribution in [0.15, 0.2) is 18.2 Å². The fourth-order valence-corrected chi connectivity index (χ4v) is 2.86. The average Bonchev–Trinajstić information content (AvgIpc) is 2.65. The summed E-state index contributed by atoms with van der Waals surface area (Å²) in [6, 6.07) is 5.07. The van der Waals surface area contributed by atoms with Gasteiger partial charge in [-0.15, -0.1) is 0 Å². The van der Waals surface area contributed by atoms with E-state index in [-0.39, 0.29) is 12.7 Å². The van der Waals surface area contributed by atoms with Crippen molar-refractivity contribution in [1.82, 2.24) is 5.32 Å². The molecule has 1 atom stereocenters. The minimum absolute atomic E-state index is 0.107. The van der Waals surface area contributed by atoms with Crippen molar-refractivity contribution < 1.29 is 29.2 Å². The molecule has 0 saturated heterocycles. The Kier molecular flexibility index (Phi) is 7.49. The standard InChI is InChI=1S/C18H27NO6/c1-23-17-9-12(18(22)24-2)3-8-16(17)25-11-15(21)10-19-13-4-6-14(20)7-5-13/h3,8-9,13-15,19-21H,4-7,10-11H2,1-2H3/t13?,14?,15-/m0/s1. The number of rotatable bonds is 8. The second kappa shape index (κ2) is 9.60. The zero-order chi connectivity index (χ0) is 18.2. The first-order valence-corrected chi connectivity index (χ1v) is 8.52. The lowest BCUT2D eigenvalue weighted by molar-refractivity contribution is 0.0599. The van der Waals surface area contributed by atoms with Crippen LogP contribution in [0.5, 0.6) is 11.5 Å². The van der Waals surface area contributed by atoms with Crippen LogP contribution in [0, 0.1) is 0 Å². The molecule has 1 saturated carbocycles. The zero-order valence-corrected chi connectivity index (χ0v) is 14.7. The smallest absolute Gasteiger partial charge is 0.337 e. The highest BCUT2D eigenvalue weighted by Gasteiger charge is 2.20. The van der Waals surface area contributed by atoms with Crippen molar-refractivity contribution >= 4 is 5.97 Å². The number of nitrogens with one attached hydrogen (secondary N) is 1. The van der Waals surface area contributed by atoms with Gasteiger partial charge in [0.1, 0.15) is 12.7 Å². The van der Waals surface area contributed by atoms with Crippen molar-refractivity contribution in [3.05, 3.63) is 23.8 Å². The maximum Gasteiger partial charge on any atom is 0.337 e. The molecule has 1 aromatic carbocycles. The van der Waals surface area contributed by atoms with E-state index in [1.165, 1.54) is 14.2 Å². The van der Waals surface area contributed by atoms with Crippen LogP contribution in [-0.2, 0) is 4.74 Å². The van der Waals surface area contributed by atoms with Gasteiger partial charge in [-0.1, -0.05) is 0 Å². The fourth-order valence-electron chi connectivity index (χ4n) is 2.86. The van der Waals surface area contributed by atoms with Gasteiger partial charge >= 0.3 is 5.97 Å². The average molecular weight is 353 g/mol. The molecule has 1 aliphatic rings. The van der Waals surface area contributed by atoms with E-state index < -0.39 is 12.1 Å². The lowest BCUT2D eigenvalue weighted by Crippen LogP contribution is -2.40. The molecule has 0 aromatic heterocycles. The Labute approximate surface area is 147 Å². The molecule has 7 nitrogen and oxygen atoms in total. The van der Waals surface area contributed by atoms with Gasteiger partial charge in [0, 0.05) is 12.6 Å². The van der Waals surface area contributed by atoms with Crippen molar-refractivity contribution in [3.8, 4) is 11.5 Å². The summed E-state index contributed by atoms with van der Waals surface area (Å²) in [5, 5.41) is 22.9. The van der Waals surface area contributed by atoms with Gasteiger partial charge < -0.3 is 29.7 Å². The van der Waals surface area contributed by atoms with E-state index in [1.807, 2.05) is 0 Å². The SMILES string of the molecule is COC(=O)c1ccc(OC[C@@H](O)CNC2CCC(O)CC2)c(OC)c1. The third kappa shape index (κ3) is 5.88. The molecule has 7 heteroatoms. The molecule has 2 rings (SSSR count). The Morgan fingerprint density at radius 2 is 1.96 bits per heavy atom. The first-order chi connectivity index (χ1) is 12.0. The number of carbonyl (C=O) groups is 1. The molecule has 25 heavy (non-hydrogen) atoms. The Morgan fingerprint density at radius 3 is 2.60 bits per heavy atom. The topological polar surface area (TPSA) is 97.3 Å². The first kappa shape index (κ1) is 19.5. The van der Waals surface area contributed by atoms with E-state index in [0.29, 0.717) is 29.6 Å². The summed E-state index contributed by atoms with van der Waals surface area (Å²) >= 11 is 0. The van der Waals surface area contributed by atoms with E-state index in [1.54, 1.807) is 18.2 Å². The summed E-state index contributed by atoms with van der Waals surface area (Å²) in [5.74, 6) is 0.408. The largest absolute Gasteiger partial charge is 0.493 e. The minimum atomic E-state index is -0.670. The molecule has 0 amide bonds.